The van der Waals surface area contributed by atoms with Gasteiger partial charge in [-0.2, -0.15) is 0 Å². The number of ether oxygens (including phenoxy) is 1. The molecule has 0 saturated carbocycles. The molecular formula is C17H28ClN3O. The summed E-state index contributed by atoms with van der Waals surface area (Å²) in [6, 6.07) is 8.34. The second kappa shape index (κ2) is 7.53. The van der Waals surface area contributed by atoms with Gasteiger partial charge in [-0.3, -0.25) is 4.90 Å². The maximum Gasteiger partial charge on any atom is 0.142 e. The second-order valence-corrected chi connectivity index (χ2v) is 6.67. The molecule has 4 nitrogen and oxygen atoms in total. The van der Waals surface area contributed by atoms with Gasteiger partial charge in [-0.15, -0.1) is 12.4 Å². The number of piperazine rings is 1. The Hall–Kier alpha value is -0.970. The topological polar surface area (TPSA) is 27.7 Å². The molecule has 22 heavy (non-hydrogen) atoms. The van der Waals surface area contributed by atoms with Crippen molar-refractivity contribution < 1.29 is 4.74 Å². The van der Waals surface area contributed by atoms with Crippen LogP contribution in [0, 0.1) is 5.41 Å². The number of methoxy groups -OCH3 is 1. The molecule has 1 atom stereocenters. The van der Waals surface area contributed by atoms with Crippen LogP contribution in [0.15, 0.2) is 24.3 Å². The Kier molecular flexibility index (Phi) is 5.95. The van der Waals surface area contributed by atoms with Crippen molar-refractivity contribution in [1.82, 2.24) is 10.2 Å². The molecule has 124 valence electrons. The summed E-state index contributed by atoms with van der Waals surface area (Å²) in [5.74, 6) is 0.984. The Balaban J connectivity index is 0.00000176. The Bertz CT molecular complexity index is 469. The second-order valence-electron chi connectivity index (χ2n) is 6.67. The maximum absolute atomic E-state index is 5.49. The first-order valence-electron chi connectivity index (χ1n) is 8.01. The summed E-state index contributed by atoms with van der Waals surface area (Å²) in [5.41, 5.74) is 1.69. The fourth-order valence-electron chi connectivity index (χ4n) is 3.58. The summed E-state index contributed by atoms with van der Waals surface area (Å²) < 4.78 is 5.49. The molecule has 1 unspecified atom stereocenters. The van der Waals surface area contributed by atoms with Crippen molar-refractivity contribution in [2.45, 2.75) is 13.3 Å². The molecule has 5 heteroatoms. The van der Waals surface area contributed by atoms with Crippen LogP contribution in [-0.4, -0.2) is 57.8 Å². The van der Waals surface area contributed by atoms with E-state index in [1.165, 1.54) is 31.7 Å². The molecule has 1 N–H and O–H groups in total. The van der Waals surface area contributed by atoms with E-state index in [0.29, 0.717) is 5.41 Å². The smallest absolute Gasteiger partial charge is 0.142 e. The Morgan fingerprint density at radius 3 is 2.55 bits per heavy atom. The van der Waals surface area contributed by atoms with E-state index in [-0.39, 0.29) is 12.4 Å². The third kappa shape index (κ3) is 3.86. The predicted octanol–water partition coefficient (Wildman–Crippen LogP) is 2.24. The van der Waals surface area contributed by atoms with Crippen molar-refractivity contribution in [1.29, 1.82) is 0 Å². The zero-order valence-electron chi connectivity index (χ0n) is 13.7. The molecule has 0 bridgehead atoms. The minimum absolute atomic E-state index is 0. The van der Waals surface area contributed by atoms with Gasteiger partial charge >= 0.3 is 0 Å². The molecule has 2 aliphatic rings. The molecule has 2 heterocycles. The van der Waals surface area contributed by atoms with Gasteiger partial charge in [0.25, 0.3) is 0 Å². The zero-order chi connectivity index (χ0) is 14.7. The van der Waals surface area contributed by atoms with Crippen molar-refractivity contribution in [3.8, 4) is 5.75 Å². The van der Waals surface area contributed by atoms with E-state index in [4.69, 9.17) is 4.74 Å². The van der Waals surface area contributed by atoms with E-state index < -0.39 is 0 Å². The molecule has 2 fully saturated rings. The van der Waals surface area contributed by atoms with Gasteiger partial charge in [0.05, 0.1) is 12.8 Å². The first kappa shape index (κ1) is 17.4. The number of hydrogen-bond acceptors (Lipinski definition) is 4. The minimum atomic E-state index is 0. The molecule has 1 aromatic rings. The van der Waals surface area contributed by atoms with Crippen LogP contribution in [-0.2, 0) is 0 Å². The molecule has 0 radical (unpaired) electrons. The van der Waals surface area contributed by atoms with Crippen LogP contribution in [0.25, 0.3) is 0 Å². The number of halogens is 1. The molecule has 0 spiro atoms. The van der Waals surface area contributed by atoms with Gasteiger partial charge in [-0.25, -0.2) is 0 Å². The first-order chi connectivity index (χ1) is 10.2. The lowest BCUT2D eigenvalue weighted by molar-refractivity contribution is 0.169. The molecule has 0 amide bonds. The van der Waals surface area contributed by atoms with E-state index >= 15 is 0 Å². The molecule has 0 aliphatic carbocycles. The Morgan fingerprint density at radius 1 is 1.18 bits per heavy atom. The molecule has 0 aromatic heterocycles. The van der Waals surface area contributed by atoms with Crippen LogP contribution < -0.4 is 15.0 Å². The van der Waals surface area contributed by atoms with Gasteiger partial charge < -0.3 is 15.0 Å². The fourth-order valence-corrected chi connectivity index (χ4v) is 3.58. The van der Waals surface area contributed by atoms with Crippen molar-refractivity contribution in [2.24, 2.45) is 5.41 Å². The van der Waals surface area contributed by atoms with Crippen molar-refractivity contribution >= 4 is 18.1 Å². The summed E-state index contributed by atoms with van der Waals surface area (Å²) >= 11 is 0. The fraction of sp³-hybridized carbons (Fsp3) is 0.647. The lowest BCUT2D eigenvalue weighted by Gasteiger charge is -2.39. The van der Waals surface area contributed by atoms with Crippen molar-refractivity contribution in [3.05, 3.63) is 24.3 Å². The third-order valence-electron chi connectivity index (χ3n) is 4.86. The van der Waals surface area contributed by atoms with Gasteiger partial charge in [0, 0.05) is 39.3 Å². The van der Waals surface area contributed by atoms with Gasteiger partial charge in [0.1, 0.15) is 5.75 Å². The standard InChI is InChI=1S/C17H27N3O.ClH/c1-17(7-8-18-13-17)14-19-9-11-20(12-10-19)15-5-3-4-6-16(15)21-2;/h3-6,18H,7-14H2,1-2H3;1H. The summed E-state index contributed by atoms with van der Waals surface area (Å²) in [6.07, 6.45) is 1.31. The zero-order valence-corrected chi connectivity index (χ0v) is 14.5. The number of anilines is 1. The summed E-state index contributed by atoms with van der Waals surface area (Å²) in [6.45, 7) is 10.5. The highest BCUT2D eigenvalue weighted by atomic mass is 35.5. The summed E-state index contributed by atoms with van der Waals surface area (Å²) in [5, 5.41) is 3.50. The largest absolute Gasteiger partial charge is 0.495 e. The van der Waals surface area contributed by atoms with Gasteiger partial charge in [0.15, 0.2) is 0 Å². The number of para-hydroxylation sites is 2. The minimum Gasteiger partial charge on any atom is -0.495 e. The van der Waals surface area contributed by atoms with E-state index in [0.717, 1.165) is 31.9 Å². The highest BCUT2D eigenvalue weighted by molar-refractivity contribution is 5.85. The van der Waals surface area contributed by atoms with Gasteiger partial charge in [0.2, 0.25) is 0 Å². The highest BCUT2D eigenvalue weighted by Crippen LogP contribution is 2.30. The van der Waals surface area contributed by atoms with Crippen LogP contribution in [0.3, 0.4) is 0 Å². The SMILES string of the molecule is COc1ccccc1N1CCN(CC2(C)CCNC2)CC1.Cl. The lowest BCUT2D eigenvalue weighted by atomic mass is 9.89. The summed E-state index contributed by atoms with van der Waals surface area (Å²) in [4.78, 5) is 5.07. The first-order valence-corrected chi connectivity index (χ1v) is 8.01. The third-order valence-corrected chi connectivity index (χ3v) is 4.86. The average Bonchev–Trinajstić information content (AvgIpc) is 2.94. The van der Waals surface area contributed by atoms with E-state index in [9.17, 15) is 0 Å². The van der Waals surface area contributed by atoms with Crippen LogP contribution in [0.5, 0.6) is 5.75 Å². The number of hydrogen-bond donors (Lipinski definition) is 1. The Labute approximate surface area is 140 Å². The normalized spacial score (nSPS) is 25.8. The average molecular weight is 326 g/mol. The van der Waals surface area contributed by atoms with Gasteiger partial charge in [-0.05, 0) is 30.5 Å². The monoisotopic (exact) mass is 325 g/mol. The molecule has 3 rings (SSSR count). The number of nitrogens with one attached hydrogen (secondary N) is 1. The van der Waals surface area contributed by atoms with Crippen LogP contribution in [0.2, 0.25) is 0 Å². The van der Waals surface area contributed by atoms with E-state index in [1.807, 2.05) is 12.1 Å². The predicted molar refractivity (Wildman–Crippen MR) is 94.5 cm³/mol. The number of benzene rings is 1. The Morgan fingerprint density at radius 2 is 1.91 bits per heavy atom. The van der Waals surface area contributed by atoms with Crippen molar-refractivity contribution in [2.75, 3.05) is 57.8 Å². The van der Waals surface area contributed by atoms with Crippen molar-refractivity contribution in [3.63, 3.8) is 0 Å². The van der Waals surface area contributed by atoms with Crippen LogP contribution >= 0.6 is 12.4 Å². The van der Waals surface area contributed by atoms with Gasteiger partial charge in [-0.1, -0.05) is 19.1 Å². The quantitative estimate of drug-likeness (QED) is 0.919. The number of rotatable bonds is 4. The molecule has 1 aromatic carbocycles. The summed E-state index contributed by atoms with van der Waals surface area (Å²) in [7, 11) is 1.75. The maximum atomic E-state index is 5.49. The molecule has 2 saturated heterocycles. The van der Waals surface area contributed by atoms with Crippen LogP contribution in [0.1, 0.15) is 13.3 Å². The number of nitrogens with zero attached hydrogens (tertiary/aromatic N) is 2. The van der Waals surface area contributed by atoms with E-state index in [1.54, 1.807) is 7.11 Å². The highest BCUT2D eigenvalue weighted by Gasteiger charge is 2.31. The molecule has 2 aliphatic heterocycles. The lowest BCUT2D eigenvalue weighted by Crippen LogP contribution is -2.50. The van der Waals surface area contributed by atoms with Crippen LogP contribution in [0.4, 0.5) is 5.69 Å². The molecular weight excluding hydrogens is 298 g/mol. The van der Waals surface area contributed by atoms with E-state index in [2.05, 4.69) is 34.2 Å².